The van der Waals surface area contributed by atoms with Crippen LogP contribution in [0.15, 0.2) is 40.5 Å². The van der Waals surface area contributed by atoms with Crippen LogP contribution in [0.1, 0.15) is 13.3 Å². The molecule has 0 N–H and O–H groups in total. The van der Waals surface area contributed by atoms with Crippen molar-refractivity contribution >= 4 is 47.0 Å². The zero-order valence-corrected chi connectivity index (χ0v) is 18.5. The Morgan fingerprint density at radius 3 is 2.79 bits per heavy atom. The summed E-state index contributed by atoms with van der Waals surface area (Å²) in [5.74, 6) is 1.49. The van der Waals surface area contributed by atoms with E-state index in [4.69, 9.17) is 11.6 Å². The van der Waals surface area contributed by atoms with Gasteiger partial charge in [0.2, 0.25) is 5.91 Å². The van der Waals surface area contributed by atoms with Crippen molar-refractivity contribution in [2.75, 3.05) is 25.2 Å². The van der Waals surface area contributed by atoms with Crippen LogP contribution in [0.25, 0.3) is 11.4 Å². The summed E-state index contributed by atoms with van der Waals surface area (Å²) < 4.78 is 6.72. The first kappa shape index (κ1) is 21.7. The number of benzene rings is 1. The van der Waals surface area contributed by atoms with Gasteiger partial charge in [-0.05, 0) is 37.6 Å². The van der Waals surface area contributed by atoms with Crippen LogP contribution in [-0.2, 0) is 20.9 Å². The molecular weight excluding hydrogens is 432 g/mol. The average molecular weight is 453 g/mol. The molecule has 0 radical (unpaired) electrons. The predicted molar refractivity (Wildman–Crippen MR) is 116 cm³/mol. The number of carbonyl (C=O) groups is 2. The molecule has 0 atom stereocenters. The van der Waals surface area contributed by atoms with E-state index in [9.17, 15) is 9.59 Å². The van der Waals surface area contributed by atoms with Gasteiger partial charge in [0, 0.05) is 29.4 Å². The lowest BCUT2D eigenvalue weighted by Crippen LogP contribution is -2.26. The third-order valence-electron chi connectivity index (χ3n) is 4.25. The van der Waals surface area contributed by atoms with Gasteiger partial charge in [-0.2, -0.15) is 0 Å². The standard InChI is InChI=1S/C19H21ClN4O3S2/c1-3-23-18(13-5-7-14(20)8-6-13)21-22-19(23)28-10-4-9-24-15(25)12-29-16(24)11-17(26)27-2/h5-8,11H,3-4,9-10,12H2,1-2H3/b16-11-. The highest BCUT2D eigenvalue weighted by atomic mass is 35.5. The number of carbonyl (C=O) groups excluding carboxylic acids is 2. The number of thioether (sulfide) groups is 2. The fourth-order valence-electron chi connectivity index (χ4n) is 2.81. The highest BCUT2D eigenvalue weighted by molar-refractivity contribution is 8.04. The molecule has 29 heavy (non-hydrogen) atoms. The van der Waals surface area contributed by atoms with Gasteiger partial charge >= 0.3 is 5.97 Å². The van der Waals surface area contributed by atoms with E-state index in [-0.39, 0.29) is 5.91 Å². The minimum atomic E-state index is -0.452. The number of hydrogen-bond donors (Lipinski definition) is 0. The van der Waals surface area contributed by atoms with Crippen molar-refractivity contribution < 1.29 is 14.3 Å². The number of methoxy groups -OCH3 is 1. The van der Waals surface area contributed by atoms with Gasteiger partial charge < -0.3 is 14.2 Å². The first-order valence-electron chi connectivity index (χ1n) is 9.08. The fraction of sp³-hybridized carbons (Fsp3) is 0.368. The van der Waals surface area contributed by atoms with E-state index in [0.29, 0.717) is 22.3 Å². The lowest BCUT2D eigenvalue weighted by Gasteiger charge is -2.16. The molecule has 1 amide bonds. The van der Waals surface area contributed by atoms with Crippen LogP contribution in [-0.4, -0.2) is 56.7 Å². The topological polar surface area (TPSA) is 77.3 Å². The number of aromatic nitrogens is 3. The largest absolute Gasteiger partial charge is 0.466 e. The molecule has 0 unspecified atom stereocenters. The Labute approximate surface area is 182 Å². The number of rotatable bonds is 8. The molecule has 2 aromatic rings. The van der Waals surface area contributed by atoms with Crippen molar-refractivity contribution in [3.8, 4) is 11.4 Å². The Morgan fingerprint density at radius 1 is 1.34 bits per heavy atom. The van der Waals surface area contributed by atoms with Gasteiger partial charge in [-0.3, -0.25) is 4.79 Å². The van der Waals surface area contributed by atoms with Crippen molar-refractivity contribution in [1.82, 2.24) is 19.7 Å². The number of halogens is 1. The second-order valence-electron chi connectivity index (χ2n) is 6.10. The molecule has 3 rings (SSSR count). The molecule has 0 saturated carbocycles. The summed E-state index contributed by atoms with van der Waals surface area (Å²) in [5.41, 5.74) is 0.966. The average Bonchev–Trinajstić information content (AvgIpc) is 3.29. The molecule has 1 aromatic carbocycles. The molecule has 1 aliphatic rings. The lowest BCUT2D eigenvalue weighted by molar-refractivity contribution is -0.134. The van der Waals surface area contributed by atoms with E-state index in [1.54, 1.807) is 16.7 Å². The van der Waals surface area contributed by atoms with E-state index >= 15 is 0 Å². The molecule has 154 valence electrons. The van der Waals surface area contributed by atoms with Gasteiger partial charge in [0.25, 0.3) is 0 Å². The quantitative estimate of drug-likeness (QED) is 0.261. The van der Waals surface area contributed by atoms with Crippen LogP contribution in [0.5, 0.6) is 0 Å². The Balaban J connectivity index is 1.59. The molecule has 7 nitrogen and oxygen atoms in total. The van der Waals surface area contributed by atoms with Crippen LogP contribution in [0, 0.1) is 0 Å². The maximum atomic E-state index is 12.1. The van der Waals surface area contributed by atoms with Crippen LogP contribution in [0.3, 0.4) is 0 Å². The monoisotopic (exact) mass is 452 g/mol. The first-order valence-corrected chi connectivity index (χ1v) is 11.4. The summed E-state index contributed by atoms with van der Waals surface area (Å²) >= 11 is 8.93. The van der Waals surface area contributed by atoms with Crippen molar-refractivity contribution in [3.63, 3.8) is 0 Å². The molecule has 1 aliphatic heterocycles. The van der Waals surface area contributed by atoms with E-state index in [0.717, 1.165) is 35.3 Å². The van der Waals surface area contributed by atoms with Crippen LogP contribution in [0.2, 0.25) is 5.02 Å². The Bertz CT molecular complexity index is 915. The smallest absolute Gasteiger partial charge is 0.333 e. The number of ether oxygens (including phenoxy) is 1. The van der Waals surface area contributed by atoms with Crippen molar-refractivity contribution in [1.29, 1.82) is 0 Å². The number of esters is 1. The molecule has 1 aromatic heterocycles. The van der Waals surface area contributed by atoms with Gasteiger partial charge in [0.05, 0.1) is 24.0 Å². The zero-order valence-electron chi connectivity index (χ0n) is 16.1. The van der Waals surface area contributed by atoms with Gasteiger partial charge in [-0.15, -0.1) is 10.2 Å². The summed E-state index contributed by atoms with van der Waals surface area (Å²) in [4.78, 5) is 25.2. The fourth-order valence-corrected chi connectivity index (χ4v) is 4.82. The van der Waals surface area contributed by atoms with Crippen LogP contribution in [0.4, 0.5) is 0 Å². The maximum Gasteiger partial charge on any atom is 0.333 e. The lowest BCUT2D eigenvalue weighted by atomic mass is 10.2. The SMILES string of the molecule is CCn1c(SCCCN2C(=O)CS/C2=C\C(=O)OC)nnc1-c1ccc(Cl)cc1. The predicted octanol–water partition coefficient (Wildman–Crippen LogP) is 3.69. The van der Waals surface area contributed by atoms with Gasteiger partial charge in [-0.1, -0.05) is 35.1 Å². The molecule has 1 saturated heterocycles. The van der Waals surface area contributed by atoms with Crippen molar-refractivity contribution in [2.45, 2.75) is 25.0 Å². The van der Waals surface area contributed by atoms with Gasteiger partial charge in [0.15, 0.2) is 11.0 Å². The van der Waals surface area contributed by atoms with Crippen LogP contribution >= 0.6 is 35.1 Å². The molecule has 0 spiro atoms. The van der Waals surface area contributed by atoms with Crippen molar-refractivity contribution in [2.24, 2.45) is 0 Å². The third kappa shape index (κ3) is 5.34. The Kier molecular flexibility index (Phi) is 7.63. The molecule has 10 heteroatoms. The Morgan fingerprint density at radius 2 is 2.10 bits per heavy atom. The third-order valence-corrected chi connectivity index (χ3v) is 6.58. The maximum absolute atomic E-state index is 12.1. The first-order chi connectivity index (χ1) is 14.0. The van der Waals surface area contributed by atoms with Crippen molar-refractivity contribution in [3.05, 3.63) is 40.4 Å². The highest BCUT2D eigenvalue weighted by Gasteiger charge is 2.27. The van der Waals surface area contributed by atoms with Gasteiger partial charge in [0.1, 0.15) is 0 Å². The van der Waals surface area contributed by atoms with E-state index < -0.39 is 5.97 Å². The Hall–Kier alpha value is -1.97. The second kappa shape index (κ2) is 10.2. The summed E-state index contributed by atoms with van der Waals surface area (Å²) in [6.07, 6.45) is 2.14. The summed E-state index contributed by atoms with van der Waals surface area (Å²) in [5, 5.41) is 10.8. The van der Waals surface area contributed by atoms with Crippen LogP contribution < -0.4 is 0 Å². The normalized spacial score (nSPS) is 15.3. The van der Waals surface area contributed by atoms with E-state index in [2.05, 4.69) is 26.4 Å². The number of amides is 1. The minimum Gasteiger partial charge on any atom is -0.466 e. The minimum absolute atomic E-state index is 0.0110. The van der Waals surface area contributed by atoms with E-state index in [1.807, 2.05) is 24.3 Å². The summed E-state index contributed by atoms with van der Waals surface area (Å²) in [7, 11) is 1.32. The molecule has 1 fully saturated rings. The molecular formula is C19H21ClN4O3S2. The second-order valence-corrected chi connectivity index (χ2v) is 8.59. The summed E-state index contributed by atoms with van der Waals surface area (Å²) in [6.45, 7) is 3.35. The molecule has 0 bridgehead atoms. The summed E-state index contributed by atoms with van der Waals surface area (Å²) in [6, 6.07) is 7.53. The molecule has 0 aliphatic carbocycles. The number of nitrogens with zero attached hydrogens (tertiary/aromatic N) is 4. The van der Waals surface area contributed by atoms with Gasteiger partial charge in [-0.25, -0.2) is 4.79 Å². The number of hydrogen-bond acceptors (Lipinski definition) is 7. The van der Waals surface area contributed by atoms with E-state index in [1.165, 1.54) is 24.9 Å². The zero-order chi connectivity index (χ0) is 20.8. The highest BCUT2D eigenvalue weighted by Crippen LogP contribution is 2.30. The molecule has 2 heterocycles.